The topological polar surface area (TPSA) is 87.5 Å². The van der Waals surface area contributed by atoms with Crippen molar-refractivity contribution in [1.82, 2.24) is 9.97 Å². The molecule has 0 amide bonds. The second kappa shape index (κ2) is 11.9. The van der Waals surface area contributed by atoms with Gasteiger partial charge in [-0.2, -0.15) is 0 Å². The van der Waals surface area contributed by atoms with Crippen LogP contribution in [-0.2, 0) is 22.6 Å². The molecule has 208 valence electrons. The number of carbonyl (C=O) groups excluding carboxylic acids is 1. The fraction of sp³-hybridized carbons (Fsp3) is 0.452. The number of hydrogen-bond donors (Lipinski definition) is 0. The second-order valence-corrected chi connectivity index (χ2v) is 12.1. The van der Waals surface area contributed by atoms with E-state index in [1.807, 2.05) is 49.5 Å². The van der Waals surface area contributed by atoms with Crippen molar-refractivity contribution < 1.29 is 19.4 Å². The average molecular weight is 553 g/mol. The monoisotopic (exact) mass is 552 g/mol. The Hall–Kier alpha value is -3.16. The Balaban J connectivity index is 1.63. The molecule has 1 aliphatic rings. The molecule has 4 rings (SSSR count). The third kappa shape index (κ3) is 7.70. The molecule has 0 atom stereocenters. The number of hydrogen-bond acceptors (Lipinski definition) is 6. The standard InChI is InChI=1S/C31H38ClN3O4/c1-21-24(16-28(36)39-20-31(4,5)37)29(35-14-12-30(2,3)13-15-35)25(18-33-21)27-11-10-23(17-34-27)38-19-22-8-6-7-9-26(22)32/h6-11,17-18,37H,12-16,19-20H2,1-5H3/p+1. The summed E-state index contributed by atoms with van der Waals surface area (Å²) in [5.41, 5.74) is 4.60. The molecule has 39 heavy (non-hydrogen) atoms. The van der Waals surface area contributed by atoms with Gasteiger partial charge in [0.05, 0.1) is 24.0 Å². The van der Waals surface area contributed by atoms with Gasteiger partial charge >= 0.3 is 5.97 Å². The number of esters is 1. The van der Waals surface area contributed by atoms with Crippen LogP contribution in [0.1, 0.15) is 57.4 Å². The summed E-state index contributed by atoms with van der Waals surface area (Å²) in [5.74, 6) is 0.286. The van der Waals surface area contributed by atoms with Crippen LogP contribution in [-0.4, -0.2) is 46.3 Å². The average Bonchev–Trinajstić information content (AvgIpc) is 2.88. The number of pyridine rings is 2. The van der Waals surface area contributed by atoms with E-state index in [9.17, 15) is 4.79 Å². The molecule has 0 spiro atoms. The lowest BCUT2D eigenvalue weighted by Gasteiger charge is -2.40. The van der Waals surface area contributed by atoms with Crippen molar-refractivity contribution in [3.05, 3.63) is 70.6 Å². The lowest BCUT2D eigenvalue weighted by Crippen LogP contribution is -2.38. The van der Waals surface area contributed by atoms with E-state index in [1.54, 1.807) is 20.0 Å². The van der Waals surface area contributed by atoms with Crippen LogP contribution in [0.2, 0.25) is 5.02 Å². The maximum absolute atomic E-state index is 12.9. The van der Waals surface area contributed by atoms with Crippen LogP contribution in [0.15, 0.2) is 48.8 Å². The molecule has 0 bridgehead atoms. The molecule has 3 heterocycles. The molecule has 1 aromatic carbocycles. The number of aryl methyl sites for hydroxylation is 1. The highest BCUT2D eigenvalue weighted by molar-refractivity contribution is 6.31. The summed E-state index contributed by atoms with van der Waals surface area (Å²) < 4.78 is 11.4. The lowest BCUT2D eigenvalue weighted by atomic mass is 9.82. The predicted molar refractivity (Wildman–Crippen MR) is 156 cm³/mol. The lowest BCUT2D eigenvalue weighted by molar-refractivity contribution is -0.149. The van der Waals surface area contributed by atoms with Gasteiger partial charge < -0.3 is 19.5 Å². The number of benzene rings is 1. The molecule has 7 nitrogen and oxygen atoms in total. The molecular weight excluding hydrogens is 514 g/mol. The van der Waals surface area contributed by atoms with Gasteiger partial charge in [-0.1, -0.05) is 43.6 Å². The van der Waals surface area contributed by atoms with Crippen molar-refractivity contribution >= 4 is 23.3 Å². The van der Waals surface area contributed by atoms with Gasteiger partial charge in [-0.3, -0.25) is 14.8 Å². The maximum atomic E-state index is 12.9. The highest BCUT2D eigenvalue weighted by atomic mass is 35.5. The Kier molecular flexibility index (Phi) is 8.82. The first-order chi connectivity index (χ1) is 18.4. The van der Waals surface area contributed by atoms with Crippen LogP contribution in [0.3, 0.4) is 0 Å². The highest BCUT2D eigenvalue weighted by Crippen LogP contribution is 2.39. The summed E-state index contributed by atoms with van der Waals surface area (Å²) in [5, 5.41) is 8.68. The summed E-state index contributed by atoms with van der Waals surface area (Å²) in [6, 6.07) is 11.4. The summed E-state index contributed by atoms with van der Waals surface area (Å²) in [6.07, 6.45) is 5.75. The predicted octanol–water partition coefficient (Wildman–Crippen LogP) is 5.90. The van der Waals surface area contributed by atoms with Crippen LogP contribution in [0.25, 0.3) is 11.3 Å². The van der Waals surface area contributed by atoms with Gasteiger partial charge in [0, 0.05) is 60.5 Å². The molecule has 2 aromatic heterocycles. The van der Waals surface area contributed by atoms with E-state index in [0.29, 0.717) is 17.4 Å². The molecule has 0 saturated carbocycles. The second-order valence-electron chi connectivity index (χ2n) is 11.7. The third-order valence-electron chi connectivity index (χ3n) is 7.08. The molecule has 3 aromatic rings. The van der Waals surface area contributed by atoms with E-state index in [4.69, 9.17) is 31.2 Å². The smallest absolute Gasteiger partial charge is 0.310 e. The molecule has 1 saturated heterocycles. The molecule has 8 heteroatoms. The number of aromatic nitrogens is 2. The first-order valence-corrected chi connectivity index (χ1v) is 13.8. The van der Waals surface area contributed by atoms with Crippen molar-refractivity contribution in [2.45, 2.75) is 66.1 Å². The van der Waals surface area contributed by atoms with Crippen LogP contribution >= 0.6 is 11.6 Å². The molecule has 0 aliphatic carbocycles. The normalized spacial score (nSPS) is 15.2. The Bertz CT molecular complexity index is 1290. The molecule has 0 unspecified atom stereocenters. The Morgan fingerprint density at radius 3 is 2.46 bits per heavy atom. The number of nitrogens with zero attached hydrogens (tertiary/aromatic N) is 3. The van der Waals surface area contributed by atoms with Gasteiger partial charge in [0.1, 0.15) is 12.4 Å². The minimum Gasteiger partial charge on any atom is -0.487 e. The van der Waals surface area contributed by atoms with Crippen LogP contribution in [0, 0.1) is 12.3 Å². The van der Waals surface area contributed by atoms with Gasteiger partial charge in [-0.15, -0.1) is 0 Å². The maximum Gasteiger partial charge on any atom is 0.310 e. The van der Waals surface area contributed by atoms with Crippen molar-refractivity contribution in [3.63, 3.8) is 0 Å². The number of rotatable bonds is 9. The van der Waals surface area contributed by atoms with E-state index >= 15 is 0 Å². The van der Waals surface area contributed by atoms with Crippen molar-refractivity contribution in [2.75, 3.05) is 24.6 Å². The Morgan fingerprint density at radius 1 is 1.10 bits per heavy atom. The quantitative estimate of drug-likeness (QED) is 0.242. The van der Waals surface area contributed by atoms with E-state index in [0.717, 1.165) is 59.7 Å². The van der Waals surface area contributed by atoms with Crippen molar-refractivity contribution in [3.8, 4) is 17.0 Å². The minimum absolute atomic E-state index is 0.0441. The van der Waals surface area contributed by atoms with Crippen LogP contribution in [0.4, 0.5) is 5.69 Å². The number of anilines is 1. The first kappa shape index (κ1) is 28.8. The van der Waals surface area contributed by atoms with E-state index in [2.05, 4.69) is 23.7 Å². The van der Waals surface area contributed by atoms with Gasteiger partial charge in [0.25, 0.3) is 0 Å². The number of carbonyl (C=O) groups is 1. The minimum atomic E-state index is -0.842. The van der Waals surface area contributed by atoms with E-state index in [-0.39, 0.29) is 24.4 Å². The van der Waals surface area contributed by atoms with Crippen LogP contribution in [0.5, 0.6) is 5.75 Å². The van der Waals surface area contributed by atoms with Gasteiger partial charge in [-0.25, -0.2) is 0 Å². The fourth-order valence-electron chi connectivity index (χ4n) is 4.59. The van der Waals surface area contributed by atoms with Crippen molar-refractivity contribution in [2.24, 2.45) is 5.41 Å². The molecular formula is C31H39ClN3O4+. The third-order valence-corrected chi connectivity index (χ3v) is 7.45. The summed E-state index contributed by atoms with van der Waals surface area (Å²) in [4.78, 5) is 24.6. The molecule has 1 aliphatic heterocycles. The van der Waals surface area contributed by atoms with E-state index in [1.165, 1.54) is 0 Å². The Morgan fingerprint density at radius 2 is 1.82 bits per heavy atom. The Labute approximate surface area is 236 Å². The van der Waals surface area contributed by atoms with Gasteiger partial charge in [-0.05, 0) is 43.4 Å². The fourth-order valence-corrected chi connectivity index (χ4v) is 4.78. The zero-order chi connectivity index (χ0) is 28.2. The largest absolute Gasteiger partial charge is 0.487 e. The van der Waals surface area contributed by atoms with Gasteiger partial charge in [0.15, 0.2) is 12.2 Å². The summed E-state index contributed by atoms with van der Waals surface area (Å²) in [7, 11) is 0. The highest BCUT2D eigenvalue weighted by Gasteiger charge is 2.30. The molecule has 2 N–H and O–H groups in total. The zero-order valence-corrected chi connectivity index (χ0v) is 24.3. The van der Waals surface area contributed by atoms with E-state index < -0.39 is 5.60 Å². The molecule has 0 radical (unpaired) electrons. The van der Waals surface area contributed by atoms with Crippen molar-refractivity contribution in [1.29, 1.82) is 0 Å². The zero-order valence-electron chi connectivity index (χ0n) is 23.5. The number of piperidine rings is 1. The SMILES string of the molecule is Cc1ncc(-c2ccc(OCc3ccccc3Cl)cn2)c(N2CCC(C)(C)CC2)c1CC(=O)OCC(C)(C)[OH2+]. The molecule has 1 fully saturated rings. The van der Waals surface area contributed by atoms with Crippen LogP contribution < -0.4 is 9.64 Å². The van der Waals surface area contributed by atoms with Gasteiger partial charge in [0.2, 0.25) is 0 Å². The summed E-state index contributed by atoms with van der Waals surface area (Å²) in [6.45, 7) is 12.1. The number of halogens is 1. The summed E-state index contributed by atoms with van der Waals surface area (Å²) >= 11 is 6.26. The first-order valence-electron chi connectivity index (χ1n) is 13.4. The number of ether oxygens (including phenoxy) is 2.